The van der Waals surface area contributed by atoms with Gasteiger partial charge in [-0.1, -0.05) is 56.2 Å². The number of hydrogen-bond donors (Lipinski definition) is 2. The molecule has 0 bridgehead atoms. The number of rotatable bonds is 8. The molecule has 0 amide bonds. The molecule has 1 aliphatic heterocycles. The molecular weight excluding hydrogens is 650 g/mol. The molecule has 2 N–H and O–H groups in total. The zero-order valence-corrected chi connectivity index (χ0v) is 26.1. The summed E-state index contributed by atoms with van der Waals surface area (Å²) in [6.07, 6.45) is 3.20. The average Bonchev–Trinajstić information content (AvgIpc) is 3.36. The van der Waals surface area contributed by atoms with Crippen molar-refractivity contribution in [1.82, 2.24) is 14.2 Å². The van der Waals surface area contributed by atoms with Crippen LogP contribution >= 0.6 is 44.1 Å². The van der Waals surface area contributed by atoms with Gasteiger partial charge in [-0.05, 0) is 92.4 Å². The third-order valence-corrected chi connectivity index (χ3v) is 8.48. The monoisotopic (exact) mass is 677 g/mol. The Morgan fingerprint density at radius 1 is 0.925 bits per heavy atom. The van der Waals surface area contributed by atoms with Gasteiger partial charge in [0.25, 0.3) is 0 Å². The minimum Gasteiger partial charge on any atom is -0.494 e. The number of ether oxygens (including phenoxy) is 1. The van der Waals surface area contributed by atoms with Crippen molar-refractivity contribution in [2.24, 2.45) is 0 Å². The highest BCUT2D eigenvalue weighted by molar-refractivity contribution is 9.10. The zero-order valence-electron chi connectivity index (χ0n) is 22.1. The molecule has 0 atom stereocenters. The summed E-state index contributed by atoms with van der Waals surface area (Å²) in [6.45, 7) is 4.16. The van der Waals surface area contributed by atoms with Crippen LogP contribution in [-0.2, 0) is 19.5 Å². The largest absolute Gasteiger partial charge is 0.494 e. The van der Waals surface area contributed by atoms with E-state index in [1.54, 1.807) is 0 Å². The Balaban J connectivity index is 1.44. The van der Waals surface area contributed by atoms with Crippen LogP contribution in [0.15, 0.2) is 81.7 Å². The lowest BCUT2D eigenvalue weighted by molar-refractivity contribution is 0.340. The van der Waals surface area contributed by atoms with Crippen molar-refractivity contribution in [3.05, 3.63) is 98.8 Å². The van der Waals surface area contributed by atoms with E-state index in [0.29, 0.717) is 18.1 Å². The van der Waals surface area contributed by atoms with Gasteiger partial charge in [0.2, 0.25) is 0 Å². The standard InChI is InChI=1S/C31H29Br2N5OS/c1-2-39-25-16-14-24(15-17-25)35-30(40)29-28(20-6-8-21(32)9-7-20)26-5-3-4-18-37-27(36-38(29)31(26)37)19-34-23-12-10-22(33)11-13-23/h6-17,34H,2-5,18-19H2,1H3,(H,35,40). The van der Waals surface area contributed by atoms with Gasteiger partial charge in [-0.25, -0.2) is 4.52 Å². The van der Waals surface area contributed by atoms with E-state index in [1.807, 2.05) is 43.3 Å². The van der Waals surface area contributed by atoms with Crippen LogP contribution in [0.4, 0.5) is 11.4 Å². The van der Waals surface area contributed by atoms with E-state index < -0.39 is 0 Å². The van der Waals surface area contributed by atoms with Crippen LogP contribution in [0.1, 0.15) is 36.8 Å². The molecule has 0 radical (unpaired) electrons. The van der Waals surface area contributed by atoms with E-state index in [-0.39, 0.29) is 0 Å². The average molecular weight is 679 g/mol. The summed E-state index contributed by atoms with van der Waals surface area (Å²) >= 11 is 13.2. The molecule has 0 saturated carbocycles. The van der Waals surface area contributed by atoms with Crippen LogP contribution in [0, 0.1) is 0 Å². The molecule has 0 spiro atoms. The minimum atomic E-state index is 0.620. The number of benzene rings is 3. The lowest BCUT2D eigenvalue weighted by atomic mass is 9.98. The number of aryl methyl sites for hydroxylation is 2. The third kappa shape index (κ3) is 5.42. The highest BCUT2D eigenvalue weighted by atomic mass is 79.9. The SMILES string of the molecule is CCOc1ccc(NC(=S)c2c(-c3ccc(Br)cc3)c3c4n(c(CNc5ccc(Br)cc5)nn24)CCCC3)cc1. The molecule has 0 fully saturated rings. The van der Waals surface area contributed by atoms with Gasteiger partial charge in [0, 0.05) is 38.0 Å². The van der Waals surface area contributed by atoms with Crippen molar-refractivity contribution in [3.8, 4) is 16.9 Å². The molecule has 0 unspecified atom stereocenters. The lowest BCUT2D eigenvalue weighted by Gasteiger charge is -2.12. The van der Waals surface area contributed by atoms with Crippen LogP contribution in [0.2, 0.25) is 0 Å². The number of nitrogens with one attached hydrogen (secondary N) is 2. The Labute approximate surface area is 256 Å². The molecule has 3 heterocycles. The van der Waals surface area contributed by atoms with Gasteiger partial charge in [-0.3, -0.25) is 0 Å². The Kier molecular flexibility index (Phi) is 7.96. The fraction of sp³-hybridized carbons (Fsp3) is 0.226. The Bertz CT molecular complexity index is 1660. The normalized spacial score (nSPS) is 12.8. The topological polar surface area (TPSA) is 55.5 Å². The number of nitrogens with zero attached hydrogens (tertiary/aromatic N) is 3. The Morgan fingerprint density at radius 2 is 1.60 bits per heavy atom. The number of aromatic nitrogens is 3. The summed E-state index contributed by atoms with van der Waals surface area (Å²) in [5, 5.41) is 12.2. The third-order valence-electron chi connectivity index (χ3n) is 7.13. The first-order chi connectivity index (χ1) is 19.5. The smallest absolute Gasteiger partial charge is 0.150 e. The first kappa shape index (κ1) is 27.1. The first-order valence-electron chi connectivity index (χ1n) is 13.4. The summed E-state index contributed by atoms with van der Waals surface area (Å²) in [6, 6.07) is 24.6. The lowest BCUT2D eigenvalue weighted by Crippen LogP contribution is -2.15. The fourth-order valence-corrected chi connectivity index (χ4v) is 6.15. The molecule has 40 heavy (non-hydrogen) atoms. The molecule has 9 heteroatoms. The van der Waals surface area contributed by atoms with Gasteiger partial charge < -0.3 is 19.9 Å². The number of thiocarbonyl (C=S) groups is 1. The van der Waals surface area contributed by atoms with E-state index >= 15 is 0 Å². The second-order valence-corrected chi connectivity index (χ2v) is 12.0. The second kappa shape index (κ2) is 11.8. The van der Waals surface area contributed by atoms with Gasteiger partial charge in [-0.15, -0.1) is 0 Å². The van der Waals surface area contributed by atoms with Gasteiger partial charge in [0.05, 0.1) is 13.2 Å². The van der Waals surface area contributed by atoms with Crippen molar-refractivity contribution in [2.45, 2.75) is 39.3 Å². The Hall–Kier alpha value is -3.14. The molecule has 204 valence electrons. The molecule has 6 nitrogen and oxygen atoms in total. The summed E-state index contributed by atoms with van der Waals surface area (Å²) in [5.41, 5.74) is 7.61. The maximum absolute atomic E-state index is 6.11. The van der Waals surface area contributed by atoms with E-state index in [0.717, 1.165) is 80.2 Å². The zero-order chi connectivity index (χ0) is 27.6. The maximum atomic E-state index is 6.11. The van der Waals surface area contributed by atoms with Gasteiger partial charge in [-0.2, -0.15) is 5.10 Å². The predicted molar refractivity (Wildman–Crippen MR) is 174 cm³/mol. The fourth-order valence-electron chi connectivity index (χ4n) is 5.31. The van der Waals surface area contributed by atoms with Crippen LogP contribution in [0.5, 0.6) is 5.75 Å². The summed E-state index contributed by atoms with van der Waals surface area (Å²) in [4.78, 5) is 0.640. The van der Waals surface area contributed by atoms with Gasteiger partial charge in [0.15, 0.2) is 5.82 Å². The quantitative estimate of drug-likeness (QED) is 0.161. The van der Waals surface area contributed by atoms with Crippen LogP contribution in [0.3, 0.4) is 0 Å². The molecule has 1 aliphatic rings. The van der Waals surface area contributed by atoms with E-state index in [4.69, 9.17) is 22.1 Å². The Morgan fingerprint density at radius 3 is 2.30 bits per heavy atom. The molecule has 0 aliphatic carbocycles. The maximum Gasteiger partial charge on any atom is 0.150 e. The van der Waals surface area contributed by atoms with Crippen LogP contribution in [-0.4, -0.2) is 25.8 Å². The van der Waals surface area contributed by atoms with Crippen molar-refractivity contribution in [3.63, 3.8) is 0 Å². The van der Waals surface area contributed by atoms with E-state index in [9.17, 15) is 0 Å². The molecule has 6 rings (SSSR count). The van der Waals surface area contributed by atoms with Crippen molar-refractivity contribution >= 4 is 66.1 Å². The summed E-state index contributed by atoms with van der Waals surface area (Å²) in [7, 11) is 0. The van der Waals surface area contributed by atoms with Crippen LogP contribution in [0.25, 0.3) is 16.8 Å². The van der Waals surface area contributed by atoms with E-state index in [1.165, 1.54) is 5.56 Å². The first-order valence-corrected chi connectivity index (χ1v) is 15.4. The number of anilines is 2. The van der Waals surface area contributed by atoms with Crippen molar-refractivity contribution in [1.29, 1.82) is 0 Å². The van der Waals surface area contributed by atoms with Gasteiger partial charge >= 0.3 is 0 Å². The van der Waals surface area contributed by atoms with Crippen molar-refractivity contribution in [2.75, 3.05) is 17.2 Å². The molecular formula is C31H29Br2N5OS. The number of halogens is 2. The van der Waals surface area contributed by atoms with Crippen molar-refractivity contribution < 1.29 is 4.74 Å². The second-order valence-electron chi connectivity index (χ2n) is 9.74. The number of hydrogen-bond acceptors (Lipinski definition) is 4. The molecule has 0 saturated heterocycles. The molecule has 3 aromatic carbocycles. The highest BCUT2D eigenvalue weighted by Gasteiger charge is 2.29. The summed E-state index contributed by atoms with van der Waals surface area (Å²) < 4.78 is 12.2. The molecule has 5 aromatic rings. The van der Waals surface area contributed by atoms with Crippen LogP contribution < -0.4 is 15.4 Å². The predicted octanol–water partition coefficient (Wildman–Crippen LogP) is 8.46. The molecule has 2 aromatic heterocycles. The highest BCUT2D eigenvalue weighted by Crippen LogP contribution is 2.38. The summed E-state index contributed by atoms with van der Waals surface area (Å²) in [5.74, 6) is 1.83. The van der Waals surface area contributed by atoms with E-state index in [2.05, 4.69) is 88.0 Å². The minimum absolute atomic E-state index is 0.620. The van der Waals surface area contributed by atoms with Gasteiger partial charge in [0.1, 0.15) is 22.1 Å².